The number of hydrogen-bond donors (Lipinski definition) is 4. The van der Waals surface area contributed by atoms with E-state index >= 15 is 0 Å². The van der Waals surface area contributed by atoms with Crippen molar-refractivity contribution in [2.45, 2.75) is 44.7 Å². The normalized spacial score (nSPS) is 24.6. The van der Waals surface area contributed by atoms with Gasteiger partial charge in [-0.1, -0.05) is 20.3 Å². The van der Waals surface area contributed by atoms with Crippen LogP contribution in [0.2, 0.25) is 0 Å². The second-order valence-electron chi connectivity index (χ2n) is 7.09. The molecule has 0 aliphatic carbocycles. The number of hydrogen-bond acceptors (Lipinski definition) is 7. The number of ether oxygens (including phenoxy) is 1. The fraction of sp³-hybridized carbons (Fsp3) is 0.647. The first-order valence-corrected chi connectivity index (χ1v) is 9.01. The zero-order chi connectivity index (χ0) is 17.9. The van der Waals surface area contributed by atoms with Crippen molar-refractivity contribution in [2.75, 3.05) is 26.2 Å². The predicted molar refractivity (Wildman–Crippen MR) is 97.6 cm³/mol. The second-order valence-corrected chi connectivity index (χ2v) is 7.09. The number of piperidine rings is 1. The highest BCUT2D eigenvalue weighted by molar-refractivity contribution is 5.81. The summed E-state index contributed by atoms with van der Waals surface area (Å²) in [5.74, 6) is 0.988. The molecule has 0 saturated carbocycles. The van der Waals surface area contributed by atoms with Gasteiger partial charge in [0.15, 0.2) is 11.6 Å². The number of aliphatic imine (C=N–C) groups is 1. The van der Waals surface area contributed by atoms with Gasteiger partial charge in [-0.2, -0.15) is 10.1 Å². The van der Waals surface area contributed by atoms with Crippen LogP contribution < -0.4 is 16.8 Å². The molecule has 25 heavy (non-hydrogen) atoms. The summed E-state index contributed by atoms with van der Waals surface area (Å²) in [6, 6.07) is 1.94. The van der Waals surface area contributed by atoms with E-state index < -0.39 is 5.66 Å². The SMILES string of the molecule is CC(C)c1cc(C2(N)C=C(OCCN3CCCCC3)N=C(N)N2)[nH]n1. The lowest BCUT2D eigenvalue weighted by molar-refractivity contribution is 0.139. The van der Waals surface area contributed by atoms with Gasteiger partial charge in [-0.25, -0.2) is 0 Å². The van der Waals surface area contributed by atoms with Crippen LogP contribution in [0, 0.1) is 0 Å². The number of nitrogens with one attached hydrogen (secondary N) is 2. The lowest BCUT2D eigenvalue weighted by Crippen LogP contribution is -2.56. The molecular weight excluding hydrogens is 318 g/mol. The molecule has 1 fully saturated rings. The highest BCUT2D eigenvalue weighted by atomic mass is 16.5. The third-order valence-corrected chi connectivity index (χ3v) is 4.66. The first-order chi connectivity index (χ1) is 12.0. The third-order valence-electron chi connectivity index (χ3n) is 4.66. The first-order valence-electron chi connectivity index (χ1n) is 9.01. The molecule has 6 N–H and O–H groups in total. The average molecular weight is 347 g/mol. The molecule has 3 heterocycles. The van der Waals surface area contributed by atoms with Crippen LogP contribution in [-0.4, -0.2) is 47.3 Å². The monoisotopic (exact) mass is 347 g/mol. The van der Waals surface area contributed by atoms with E-state index in [2.05, 4.69) is 39.3 Å². The van der Waals surface area contributed by atoms with Crippen molar-refractivity contribution in [2.24, 2.45) is 16.5 Å². The van der Waals surface area contributed by atoms with E-state index in [1.54, 1.807) is 6.08 Å². The molecule has 8 nitrogen and oxygen atoms in total. The Balaban J connectivity index is 1.65. The van der Waals surface area contributed by atoms with Gasteiger partial charge >= 0.3 is 0 Å². The Bertz CT molecular complexity index is 645. The fourth-order valence-electron chi connectivity index (χ4n) is 3.15. The summed E-state index contributed by atoms with van der Waals surface area (Å²) in [5, 5.41) is 10.3. The van der Waals surface area contributed by atoms with E-state index in [9.17, 15) is 0 Å². The molecule has 1 saturated heterocycles. The topological polar surface area (TPSA) is 118 Å². The molecule has 0 aromatic carbocycles. The molecule has 138 valence electrons. The van der Waals surface area contributed by atoms with Crippen LogP contribution in [-0.2, 0) is 10.4 Å². The second kappa shape index (κ2) is 7.45. The Morgan fingerprint density at radius 2 is 2.08 bits per heavy atom. The van der Waals surface area contributed by atoms with E-state index in [1.807, 2.05) is 6.07 Å². The largest absolute Gasteiger partial charge is 0.476 e. The average Bonchev–Trinajstić information content (AvgIpc) is 3.06. The van der Waals surface area contributed by atoms with Crippen molar-refractivity contribution in [3.8, 4) is 0 Å². The quantitative estimate of drug-likeness (QED) is 0.607. The molecule has 1 aromatic rings. The van der Waals surface area contributed by atoms with Gasteiger partial charge < -0.3 is 21.5 Å². The predicted octanol–water partition coefficient (Wildman–Crippen LogP) is 0.906. The van der Waals surface area contributed by atoms with Gasteiger partial charge in [0.2, 0.25) is 5.88 Å². The summed E-state index contributed by atoms with van der Waals surface area (Å²) in [7, 11) is 0. The maximum Gasteiger partial charge on any atom is 0.216 e. The maximum atomic E-state index is 6.48. The molecule has 1 aromatic heterocycles. The molecular formula is C17H29N7O. The maximum absolute atomic E-state index is 6.48. The molecule has 0 radical (unpaired) electrons. The van der Waals surface area contributed by atoms with Crippen LogP contribution >= 0.6 is 0 Å². The fourth-order valence-corrected chi connectivity index (χ4v) is 3.15. The molecule has 3 rings (SSSR count). The van der Waals surface area contributed by atoms with Gasteiger partial charge in [-0.15, -0.1) is 0 Å². The minimum absolute atomic E-state index is 0.235. The highest BCUT2D eigenvalue weighted by Crippen LogP contribution is 2.23. The van der Waals surface area contributed by atoms with Gasteiger partial charge in [0.25, 0.3) is 0 Å². The Labute approximate surface area is 148 Å². The van der Waals surface area contributed by atoms with Crippen LogP contribution in [0.5, 0.6) is 0 Å². The number of likely N-dealkylation sites (tertiary alicyclic amines) is 1. The van der Waals surface area contributed by atoms with Gasteiger partial charge in [-0.05, 0) is 37.9 Å². The number of aromatic nitrogens is 2. The summed E-state index contributed by atoms with van der Waals surface area (Å²) in [6.45, 7) is 7.90. The number of guanidine groups is 1. The van der Waals surface area contributed by atoms with Crippen LogP contribution in [0.15, 0.2) is 23.0 Å². The van der Waals surface area contributed by atoms with Crippen molar-refractivity contribution >= 4 is 5.96 Å². The van der Waals surface area contributed by atoms with Crippen LogP contribution in [0.25, 0.3) is 0 Å². The molecule has 2 aliphatic rings. The van der Waals surface area contributed by atoms with Crippen molar-refractivity contribution in [1.29, 1.82) is 0 Å². The van der Waals surface area contributed by atoms with Crippen molar-refractivity contribution in [3.63, 3.8) is 0 Å². The van der Waals surface area contributed by atoms with Crippen molar-refractivity contribution in [3.05, 3.63) is 29.4 Å². The van der Waals surface area contributed by atoms with Gasteiger partial charge in [-0.3, -0.25) is 10.00 Å². The lowest BCUT2D eigenvalue weighted by atomic mass is 10.0. The Kier molecular flexibility index (Phi) is 5.29. The number of rotatable bonds is 6. The van der Waals surface area contributed by atoms with Crippen molar-refractivity contribution < 1.29 is 4.74 Å². The van der Waals surface area contributed by atoms with E-state index in [0.717, 1.165) is 31.0 Å². The zero-order valence-electron chi connectivity index (χ0n) is 15.1. The molecule has 0 bridgehead atoms. The Hall–Kier alpha value is -2.06. The molecule has 1 unspecified atom stereocenters. The summed E-state index contributed by atoms with van der Waals surface area (Å²) >= 11 is 0. The van der Waals surface area contributed by atoms with E-state index in [0.29, 0.717) is 18.4 Å². The number of nitrogens with two attached hydrogens (primary N) is 2. The van der Waals surface area contributed by atoms with Crippen LogP contribution in [0.1, 0.15) is 50.4 Å². The van der Waals surface area contributed by atoms with Crippen LogP contribution in [0.3, 0.4) is 0 Å². The highest BCUT2D eigenvalue weighted by Gasteiger charge is 2.32. The smallest absolute Gasteiger partial charge is 0.216 e. The van der Waals surface area contributed by atoms with Gasteiger partial charge in [0.05, 0.1) is 11.4 Å². The van der Waals surface area contributed by atoms with Gasteiger partial charge in [0.1, 0.15) is 6.61 Å². The minimum atomic E-state index is -1.01. The molecule has 0 spiro atoms. The number of H-pyrrole nitrogens is 1. The van der Waals surface area contributed by atoms with Crippen molar-refractivity contribution in [1.82, 2.24) is 20.4 Å². The molecule has 8 heteroatoms. The molecule has 1 atom stereocenters. The standard InChI is InChI=1S/C17H29N7O/c1-12(2)13-10-14(23-22-13)17(19)11-15(20-16(18)21-17)25-9-8-24-6-4-3-5-7-24/h10-12H,3-9,19H2,1-2H3,(H,22,23)(H3,18,20,21). The minimum Gasteiger partial charge on any atom is -0.476 e. The van der Waals surface area contributed by atoms with E-state index in [1.165, 1.54) is 19.3 Å². The van der Waals surface area contributed by atoms with E-state index in [4.69, 9.17) is 16.2 Å². The summed E-state index contributed by atoms with van der Waals surface area (Å²) in [5.41, 5.74) is 13.1. The Morgan fingerprint density at radius 1 is 1.32 bits per heavy atom. The number of aromatic amines is 1. The summed E-state index contributed by atoms with van der Waals surface area (Å²) in [4.78, 5) is 6.63. The summed E-state index contributed by atoms with van der Waals surface area (Å²) < 4.78 is 5.82. The molecule has 0 amide bonds. The lowest BCUT2D eigenvalue weighted by Gasteiger charge is -2.30. The third kappa shape index (κ3) is 4.32. The Morgan fingerprint density at radius 3 is 2.76 bits per heavy atom. The van der Waals surface area contributed by atoms with E-state index in [-0.39, 0.29) is 5.96 Å². The zero-order valence-corrected chi connectivity index (χ0v) is 15.1. The molecule has 2 aliphatic heterocycles. The van der Waals surface area contributed by atoms with Gasteiger partial charge in [0, 0.05) is 12.6 Å². The van der Waals surface area contributed by atoms with Crippen LogP contribution in [0.4, 0.5) is 0 Å². The number of nitrogens with zero attached hydrogens (tertiary/aromatic N) is 3. The summed E-state index contributed by atoms with van der Waals surface area (Å²) in [6.07, 6.45) is 5.60. The first kappa shape index (κ1) is 17.8.